The molecular weight excluding hydrogens is 396 g/mol. The third-order valence-corrected chi connectivity index (χ3v) is 5.99. The van der Waals surface area contributed by atoms with Gasteiger partial charge in [-0.1, -0.05) is 42.0 Å². The van der Waals surface area contributed by atoms with Crippen LogP contribution in [0.1, 0.15) is 30.5 Å². The molecule has 0 bridgehead atoms. The van der Waals surface area contributed by atoms with E-state index in [4.69, 9.17) is 9.47 Å². The predicted molar refractivity (Wildman–Crippen MR) is 120 cm³/mol. The molecular formula is C24H26N2O3S. The Kier molecular flexibility index (Phi) is 6.77. The van der Waals surface area contributed by atoms with Crippen molar-refractivity contribution in [2.24, 2.45) is 0 Å². The van der Waals surface area contributed by atoms with Crippen LogP contribution in [0.3, 0.4) is 0 Å². The Morgan fingerprint density at radius 1 is 1.20 bits per heavy atom. The summed E-state index contributed by atoms with van der Waals surface area (Å²) in [4.78, 5) is 17.2. The van der Waals surface area contributed by atoms with Crippen LogP contribution < -0.4 is 10.1 Å². The number of benzene rings is 2. The standard InChI is InChI=1S/C24H26N2O3S/c1-17-9-11-18(12-10-17)24-25-19(16-30-24)14-23(27)26-21-7-2-3-8-22(21)29-15-20-6-4-5-13-28-20/h2-3,7-12,16,20H,4-6,13-15H2,1H3,(H,26,27). The van der Waals surface area contributed by atoms with Gasteiger partial charge in [-0.2, -0.15) is 0 Å². The molecule has 1 aliphatic rings. The molecule has 3 aromatic rings. The van der Waals surface area contributed by atoms with Crippen molar-refractivity contribution in [3.8, 4) is 16.3 Å². The molecule has 0 aliphatic carbocycles. The summed E-state index contributed by atoms with van der Waals surface area (Å²) in [6, 6.07) is 15.8. The van der Waals surface area contributed by atoms with Crippen molar-refractivity contribution in [1.82, 2.24) is 4.98 Å². The van der Waals surface area contributed by atoms with E-state index < -0.39 is 0 Å². The number of carbonyl (C=O) groups excluding carboxylic acids is 1. The average molecular weight is 423 g/mol. The zero-order chi connectivity index (χ0) is 20.8. The Hall–Kier alpha value is -2.70. The number of para-hydroxylation sites is 2. The van der Waals surface area contributed by atoms with Crippen molar-refractivity contribution in [3.05, 3.63) is 65.2 Å². The van der Waals surface area contributed by atoms with E-state index in [-0.39, 0.29) is 18.4 Å². The van der Waals surface area contributed by atoms with Gasteiger partial charge in [-0.05, 0) is 38.3 Å². The Labute approximate surface area is 181 Å². The lowest BCUT2D eigenvalue weighted by Gasteiger charge is -2.23. The first kappa shape index (κ1) is 20.6. The van der Waals surface area contributed by atoms with Crippen LogP contribution >= 0.6 is 11.3 Å². The Morgan fingerprint density at radius 3 is 2.83 bits per heavy atom. The van der Waals surface area contributed by atoms with E-state index in [1.54, 1.807) is 11.3 Å². The van der Waals surface area contributed by atoms with Crippen molar-refractivity contribution in [3.63, 3.8) is 0 Å². The number of amides is 1. The van der Waals surface area contributed by atoms with Gasteiger partial charge < -0.3 is 14.8 Å². The molecule has 0 saturated carbocycles. The molecule has 1 aromatic heterocycles. The van der Waals surface area contributed by atoms with Crippen molar-refractivity contribution in [2.75, 3.05) is 18.5 Å². The van der Waals surface area contributed by atoms with E-state index in [0.29, 0.717) is 18.0 Å². The Bertz CT molecular complexity index is 978. The number of hydrogen-bond acceptors (Lipinski definition) is 5. The number of nitrogens with zero attached hydrogens (tertiary/aromatic N) is 1. The number of aromatic nitrogens is 1. The summed E-state index contributed by atoms with van der Waals surface area (Å²) in [7, 11) is 0. The molecule has 1 fully saturated rings. The minimum Gasteiger partial charge on any atom is -0.489 e. The number of carbonyl (C=O) groups is 1. The number of aryl methyl sites for hydroxylation is 1. The first-order valence-electron chi connectivity index (χ1n) is 10.3. The molecule has 1 amide bonds. The summed E-state index contributed by atoms with van der Waals surface area (Å²) < 4.78 is 11.7. The lowest BCUT2D eigenvalue weighted by molar-refractivity contribution is -0.115. The van der Waals surface area contributed by atoms with Crippen LogP contribution in [0, 0.1) is 6.92 Å². The van der Waals surface area contributed by atoms with Gasteiger partial charge >= 0.3 is 0 Å². The number of hydrogen-bond donors (Lipinski definition) is 1. The molecule has 5 nitrogen and oxygen atoms in total. The molecule has 1 N–H and O–H groups in total. The number of thiazole rings is 1. The molecule has 2 aromatic carbocycles. The van der Waals surface area contributed by atoms with Gasteiger partial charge in [0.05, 0.1) is 23.9 Å². The van der Waals surface area contributed by atoms with Gasteiger partial charge in [0.25, 0.3) is 0 Å². The van der Waals surface area contributed by atoms with E-state index in [9.17, 15) is 4.79 Å². The predicted octanol–water partition coefficient (Wildman–Crippen LogP) is 5.25. The van der Waals surface area contributed by atoms with Gasteiger partial charge in [0.15, 0.2) is 0 Å². The smallest absolute Gasteiger partial charge is 0.230 e. The largest absolute Gasteiger partial charge is 0.489 e. The SMILES string of the molecule is Cc1ccc(-c2nc(CC(=O)Nc3ccccc3OCC3CCCCO3)cs2)cc1. The highest BCUT2D eigenvalue weighted by molar-refractivity contribution is 7.13. The van der Waals surface area contributed by atoms with E-state index in [1.165, 1.54) is 12.0 Å². The maximum atomic E-state index is 12.6. The summed E-state index contributed by atoms with van der Waals surface area (Å²) in [5.74, 6) is 0.555. The zero-order valence-electron chi connectivity index (χ0n) is 17.1. The van der Waals surface area contributed by atoms with Gasteiger partial charge in [0, 0.05) is 17.6 Å². The second kappa shape index (κ2) is 9.87. The summed E-state index contributed by atoms with van der Waals surface area (Å²) in [6.07, 6.45) is 3.65. The van der Waals surface area contributed by atoms with E-state index in [2.05, 4.69) is 41.5 Å². The van der Waals surface area contributed by atoms with Crippen molar-refractivity contribution >= 4 is 22.9 Å². The van der Waals surface area contributed by atoms with Gasteiger partial charge in [-0.3, -0.25) is 4.79 Å². The third kappa shape index (κ3) is 5.46. The fourth-order valence-electron chi connectivity index (χ4n) is 3.39. The molecule has 1 atom stereocenters. The van der Waals surface area contributed by atoms with Crippen LogP contribution in [0.15, 0.2) is 53.9 Å². The van der Waals surface area contributed by atoms with Crippen LogP contribution in [0.2, 0.25) is 0 Å². The summed E-state index contributed by atoms with van der Waals surface area (Å²) in [6.45, 7) is 3.36. The first-order valence-corrected chi connectivity index (χ1v) is 11.2. The quantitative estimate of drug-likeness (QED) is 0.565. The lowest BCUT2D eigenvalue weighted by Crippen LogP contribution is -2.26. The topological polar surface area (TPSA) is 60.5 Å². The number of nitrogens with one attached hydrogen (secondary N) is 1. The fraction of sp³-hybridized carbons (Fsp3) is 0.333. The second-order valence-electron chi connectivity index (χ2n) is 7.53. The Balaban J connectivity index is 1.35. The molecule has 156 valence electrons. The Morgan fingerprint density at radius 2 is 2.03 bits per heavy atom. The zero-order valence-corrected chi connectivity index (χ0v) is 17.9. The molecule has 1 unspecified atom stereocenters. The number of anilines is 1. The molecule has 1 saturated heterocycles. The highest BCUT2D eigenvalue weighted by Crippen LogP contribution is 2.27. The van der Waals surface area contributed by atoms with Crippen LogP contribution in [-0.4, -0.2) is 30.2 Å². The van der Waals surface area contributed by atoms with E-state index in [1.807, 2.05) is 29.6 Å². The first-order chi connectivity index (χ1) is 14.7. The minimum atomic E-state index is -0.110. The normalized spacial score (nSPS) is 16.2. The maximum Gasteiger partial charge on any atom is 0.230 e. The maximum absolute atomic E-state index is 12.6. The highest BCUT2D eigenvalue weighted by Gasteiger charge is 2.16. The molecule has 4 rings (SSSR count). The molecule has 1 aliphatic heterocycles. The minimum absolute atomic E-state index is 0.110. The molecule has 0 radical (unpaired) electrons. The lowest BCUT2D eigenvalue weighted by atomic mass is 10.1. The van der Waals surface area contributed by atoms with Crippen LogP contribution in [0.4, 0.5) is 5.69 Å². The van der Waals surface area contributed by atoms with E-state index >= 15 is 0 Å². The third-order valence-electron chi connectivity index (χ3n) is 5.05. The number of ether oxygens (including phenoxy) is 2. The van der Waals surface area contributed by atoms with E-state index in [0.717, 1.165) is 35.7 Å². The monoisotopic (exact) mass is 422 g/mol. The average Bonchev–Trinajstić information content (AvgIpc) is 3.22. The van der Waals surface area contributed by atoms with Gasteiger partial charge in [-0.15, -0.1) is 11.3 Å². The highest BCUT2D eigenvalue weighted by atomic mass is 32.1. The van der Waals surface area contributed by atoms with Crippen LogP contribution in [0.5, 0.6) is 5.75 Å². The molecule has 0 spiro atoms. The van der Waals surface area contributed by atoms with Crippen LogP contribution in [0.25, 0.3) is 10.6 Å². The molecule has 30 heavy (non-hydrogen) atoms. The van der Waals surface area contributed by atoms with Gasteiger partial charge in [-0.25, -0.2) is 4.98 Å². The van der Waals surface area contributed by atoms with Crippen molar-refractivity contribution in [1.29, 1.82) is 0 Å². The summed E-state index contributed by atoms with van der Waals surface area (Å²) >= 11 is 1.55. The van der Waals surface area contributed by atoms with Crippen molar-refractivity contribution < 1.29 is 14.3 Å². The molecule has 6 heteroatoms. The molecule has 2 heterocycles. The summed E-state index contributed by atoms with van der Waals surface area (Å²) in [5, 5.41) is 5.83. The van der Waals surface area contributed by atoms with Crippen molar-refractivity contribution in [2.45, 2.75) is 38.7 Å². The summed E-state index contributed by atoms with van der Waals surface area (Å²) in [5.41, 5.74) is 3.72. The van der Waals surface area contributed by atoms with Crippen LogP contribution in [-0.2, 0) is 16.0 Å². The fourth-order valence-corrected chi connectivity index (χ4v) is 4.22. The second-order valence-corrected chi connectivity index (χ2v) is 8.39. The number of rotatable bonds is 7. The van der Waals surface area contributed by atoms with Gasteiger partial charge in [0.2, 0.25) is 5.91 Å². The van der Waals surface area contributed by atoms with Gasteiger partial charge in [0.1, 0.15) is 17.4 Å².